The van der Waals surface area contributed by atoms with Gasteiger partial charge in [0.25, 0.3) is 0 Å². The summed E-state index contributed by atoms with van der Waals surface area (Å²) >= 11 is 3.61. The highest BCUT2D eigenvalue weighted by molar-refractivity contribution is 9.10. The van der Waals surface area contributed by atoms with Crippen LogP contribution in [0.15, 0.2) is 33.2 Å². The Kier molecular flexibility index (Phi) is 3.69. The predicted molar refractivity (Wildman–Crippen MR) is 74.1 cm³/mol. The van der Waals surface area contributed by atoms with Gasteiger partial charge in [-0.3, -0.25) is 0 Å². The Morgan fingerprint density at radius 3 is 2.65 bits per heavy atom. The highest BCUT2D eigenvalue weighted by Crippen LogP contribution is 2.33. The van der Waals surface area contributed by atoms with Crippen LogP contribution in [-0.2, 0) is 6.54 Å². The molecule has 0 bridgehead atoms. The van der Waals surface area contributed by atoms with E-state index in [4.69, 9.17) is 4.42 Å². The Hall–Kier alpha value is -1.06. The molecule has 1 aromatic carbocycles. The minimum Gasteiger partial charge on any atom is -0.460 e. The van der Waals surface area contributed by atoms with Gasteiger partial charge in [-0.15, -0.1) is 0 Å². The highest BCUT2D eigenvalue weighted by atomic mass is 79.9. The quantitative estimate of drug-likeness (QED) is 0.924. The lowest BCUT2D eigenvalue weighted by Gasteiger charge is -2.07. The maximum absolute atomic E-state index is 5.82. The zero-order chi connectivity index (χ0) is 12.4. The number of halogens is 1. The van der Waals surface area contributed by atoms with E-state index in [-0.39, 0.29) is 0 Å². The molecule has 0 fully saturated rings. The maximum Gasteiger partial charge on any atom is 0.135 e. The van der Waals surface area contributed by atoms with Crippen LogP contribution in [-0.4, -0.2) is 7.05 Å². The Morgan fingerprint density at radius 1 is 1.24 bits per heavy atom. The Labute approximate surface area is 110 Å². The Morgan fingerprint density at radius 2 is 2.00 bits per heavy atom. The van der Waals surface area contributed by atoms with Crippen molar-refractivity contribution in [2.75, 3.05) is 7.05 Å². The van der Waals surface area contributed by atoms with Crippen molar-refractivity contribution in [1.82, 2.24) is 5.32 Å². The number of nitrogens with one attached hydrogen (secondary N) is 1. The lowest BCUT2D eigenvalue weighted by molar-refractivity contribution is 0.507. The molecule has 1 N–H and O–H groups in total. The Balaban J connectivity index is 2.45. The number of benzene rings is 1. The monoisotopic (exact) mass is 293 g/mol. The van der Waals surface area contributed by atoms with Crippen molar-refractivity contribution in [2.24, 2.45) is 0 Å². The molecule has 3 heteroatoms. The van der Waals surface area contributed by atoms with Crippen molar-refractivity contribution < 1.29 is 4.42 Å². The van der Waals surface area contributed by atoms with E-state index in [1.807, 2.05) is 19.2 Å². The van der Waals surface area contributed by atoms with Gasteiger partial charge >= 0.3 is 0 Å². The molecule has 2 rings (SSSR count). The van der Waals surface area contributed by atoms with Gasteiger partial charge in [0.05, 0.1) is 6.54 Å². The van der Waals surface area contributed by atoms with Crippen LogP contribution in [0.3, 0.4) is 0 Å². The van der Waals surface area contributed by atoms with E-state index in [1.165, 1.54) is 11.1 Å². The van der Waals surface area contributed by atoms with Crippen molar-refractivity contribution >= 4 is 15.9 Å². The first-order valence-electron chi connectivity index (χ1n) is 5.62. The van der Waals surface area contributed by atoms with E-state index in [0.717, 1.165) is 28.1 Å². The minimum absolute atomic E-state index is 0.753. The molecular weight excluding hydrogens is 278 g/mol. The topological polar surface area (TPSA) is 25.2 Å². The Bertz CT molecular complexity index is 508. The molecule has 0 aliphatic heterocycles. The summed E-state index contributed by atoms with van der Waals surface area (Å²) in [5, 5.41) is 3.08. The molecule has 2 aromatic rings. The molecule has 0 aliphatic carbocycles. The standard InChI is InChI=1S/C14H16BrNO/c1-9-6-10(2)14(12(15)7-9)13-5-4-11(17-13)8-16-3/h4-7,16H,8H2,1-3H3. The van der Waals surface area contributed by atoms with Gasteiger partial charge in [-0.05, 0) is 50.2 Å². The largest absolute Gasteiger partial charge is 0.460 e. The van der Waals surface area contributed by atoms with Crippen LogP contribution in [0.4, 0.5) is 0 Å². The predicted octanol–water partition coefficient (Wildman–Crippen LogP) is 4.05. The second kappa shape index (κ2) is 5.07. The normalized spacial score (nSPS) is 10.8. The zero-order valence-corrected chi connectivity index (χ0v) is 11.9. The van der Waals surface area contributed by atoms with E-state index in [2.05, 4.69) is 47.2 Å². The fraction of sp³-hybridized carbons (Fsp3) is 0.286. The average Bonchev–Trinajstić information content (AvgIpc) is 2.65. The zero-order valence-electron chi connectivity index (χ0n) is 10.3. The molecule has 0 unspecified atom stereocenters. The molecular formula is C14H16BrNO. The molecule has 2 nitrogen and oxygen atoms in total. The molecule has 17 heavy (non-hydrogen) atoms. The van der Waals surface area contributed by atoms with Gasteiger partial charge in [0, 0.05) is 10.0 Å². The summed E-state index contributed by atoms with van der Waals surface area (Å²) in [5.41, 5.74) is 3.61. The third-order valence-corrected chi connectivity index (χ3v) is 3.32. The van der Waals surface area contributed by atoms with Gasteiger partial charge in [-0.1, -0.05) is 22.0 Å². The van der Waals surface area contributed by atoms with Gasteiger partial charge in [-0.2, -0.15) is 0 Å². The fourth-order valence-corrected chi connectivity index (χ4v) is 2.88. The molecule has 90 valence electrons. The van der Waals surface area contributed by atoms with Crippen LogP contribution in [0, 0.1) is 13.8 Å². The molecule has 0 atom stereocenters. The second-order valence-corrected chi connectivity index (χ2v) is 5.09. The van der Waals surface area contributed by atoms with Crippen molar-refractivity contribution in [2.45, 2.75) is 20.4 Å². The van der Waals surface area contributed by atoms with E-state index in [9.17, 15) is 0 Å². The van der Waals surface area contributed by atoms with Crippen LogP contribution in [0.2, 0.25) is 0 Å². The number of furan rings is 1. The number of aryl methyl sites for hydroxylation is 2. The van der Waals surface area contributed by atoms with Crippen LogP contribution >= 0.6 is 15.9 Å². The van der Waals surface area contributed by atoms with Crippen LogP contribution in [0.5, 0.6) is 0 Å². The van der Waals surface area contributed by atoms with Gasteiger partial charge in [-0.25, -0.2) is 0 Å². The molecule has 0 saturated heterocycles. The maximum atomic E-state index is 5.82. The fourth-order valence-electron chi connectivity index (χ4n) is 2.01. The van der Waals surface area contributed by atoms with Crippen LogP contribution in [0.1, 0.15) is 16.9 Å². The lowest BCUT2D eigenvalue weighted by Crippen LogP contribution is -2.03. The molecule has 1 aromatic heterocycles. The van der Waals surface area contributed by atoms with Crippen LogP contribution < -0.4 is 5.32 Å². The number of hydrogen-bond donors (Lipinski definition) is 1. The van der Waals surface area contributed by atoms with Gasteiger partial charge < -0.3 is 9.73 Å². The summed E-state index contributed by atoms with van der Waals surface area (Å²) in [5.74, 6) is 1.87. The number of rotatable bonds is 3. The first-order chi connectivity index (χ1) is 8.11. The second-order valence-electron chi connectivity index (χ2n) is 4.23. The molecule has 1 heterocycles. The first-order valence-corrected chi connectivity index (χ1v) is 6.41. The third-order valence-electron chi connectivity index (χ3n) is 2.69. The summed E-state index contributed by atoms with van der Waals surface area (Å²) in [4.78, 5) is 0. The summed E-state index contributed by atoms with van der Waals surface area (Å²) in [6.07, 6.45) is 0. The summed E-state index contributed by atoms with van der Waals surface area (Å²) < 4.78 is 6.90. The van der Waals surface area contributed by atoms with Crippen molar-refractivity contribution in [3.63, 3.8) is 0 Å². The van der Waals surface area contributed by atoms with Crippen LogP contribution in [0.25, 0.3) is 11.3 Å². The van der Waals surface area contributed by atoms with E-state index in [0.29, 0.717) is 0 Å². The van der Waals surface area contributed by atoms with Gasteiger partial charge in [0.2, 0.25) is 0 Å². The molecule has 0 saturated carbocycles. The minimum atomic E-state index is 0.753. The highest BCUT2D eigenvalue weighted by Gasteiger charge is 2.11. The van der Waals surface area contributed by atoms with E-state index < -0.39 is 0 Å². The summed E-state index contributed by atoms with van der Waals surface area (Å²) in [7, 11) is 1.91. The van der Waals surface area contributed by atoms with Crippen molar-refractivity contribution in [3.05, 3.63) is 45.6 Å². The SMILES string of the molecule is CNCc1ccc(-c2c(C)cc(C)cc2Br)o1. The van der Waals surface area contributed by atoms with E-state index in [1.54, 1.807) is 0 Å². The lowest BCUT2D eigenvalue weighted by atomic mass is 10.0. The van der Waals surface area contributed by atoms with Gasteiger partial charge in [0.15, 0.2) is 0 Å². The van der Waals surface area contributed by atoms with E-state index >= 15 is 0 Å². The van der Waals surface area contributed by atoms with Gasteiger partial charge in [0.1, 0.15) is 11.5 Å². The average molecular weight is 294 g/mol. The smallest absolute Gasteiger partial charge is 0.135 e. The third kappa shape index (κ3) is 2.61. The number of hydrogen-bond acceptors (Lipinski definition) is 2. The first kappa shape index (κ1) is 12.4. The summed E-state index contributed by atoms with van der Waals surface area (Å²) in [6.45, 7) is 4.95. The van der Waals surface area contributed by atoms with Crippen molar-refractivity contribution in [1.29, 1.82) is 0 Å². The molecule has 0 spiro atoms. The molecule has 0 aliphatic rings. The van der Waals surface area contributed by atoms with Crippen molar-refractivity contribution in [3.8, 4) is 11.3 Å². The molecule has 0 amide bonds. The summed E-state index contributed by atoms with van der Waals surface area (Å²) in [6, 6.07) is 8.32. The molecule has 0 radical (unpaired) electrons.